The molecule has 0 bridgehead atoms. The van der Waals surface area contributed by atoms with Crippen molar-refractivity contribution in [3.05, 3.63) is 0 Å². The summed E-state index contributed by atoms with van der Waals surface area (Å²) in [7, 11) is 0. The van der Waals surface area contributed by atoms with Gasteiger partial charge in [-0.05, 0) is 18.8 Å². The molecule has 0 aromatic heterocycles. The standard InChI is InChI=1S/C12H22F3NO/c1-2-9-5-3-4-6-11(9)17-8-10(7-16)12(13,14)15/h9-11H,2-8,16H2,1H3. The van der Waals surface area contributed by atoms with E-state index in [-0.39, 0.29) is 12.7 Å². The Kier molecular flexibility index (Phi) is 5.73. The van der Waals surface area contributed by atoms with E-state index < -0.39 is 18.6 Å². The minimum atomic E-state index is -4.24. The van der Waals surface area contributed by atoms with Gasteiger partial charge in [0.1, 0.15) is 0 Å². The van der Waals surface area contributed by atoms with Crippen molar-refractivity contribution in [2.24, 2.45) is 17.6 Å². The molecule has 3 unspecified atom stereocenters. The summed E-state index contributed by atoms with van der Waals surface area (Å²) < 4.78 is 42.9. The highest BCUT2D eigenvalue weighted by Crippen LogP contribution is 2.31. The van der Waals surface area contributed by atoms with E-state index in [1.54, 1.807) is 0 Å². The predicted octanol–water partition coefficient (Wildman–Crippen LogP) is 3.11. The first kappa shape index (κ1) is 14.8. The Morgan fingerprint density at radius 2 is 1.94 bits per heavy atom. The highest BCUT2D eigenvalue weighted by molar-refractivity contribution is 4.76. The van der Waals surface area contributed by atoms with Crippen molar-refractivity contribution in [3.8, 4) is 0 Å². The van der Waals surface area contributed by atoms with Crippen LogP contribution in [0.15, 0.2) is 0 Å². The van der Waals surface area contributed by atoms with E-state index in [2.05, 4.69) is 6.92 Å². The van der Waals surface area contributed by atoms with E-state index in [4.69, 9.17) is 10.5 Å². The lowest BCUT2D eigenvalue weighted by Crippen LogP contribution is -2.37. The number of alkyl halides is 3. The van der Waals surface area contributed by atoms with E-state index in [0.29, 0.717) is 5.92 Å². The van der Waals surface area contributed by atoms with Gasteiger partial charge < -0.3 is 10.5 Å². The summed E-state index contributed by atoms with van der Waals surface area (Å²) in [5, 5.41) is 0. The van der Waals surface area contributed by atoms with Crippen molar-refractivity contribution in [2.45, 2.75) is 51.3 Å². The molecule has 5 heteroatoms. The van der Waals surface area contributed by atoms with Crippen LogP contribution in [0.2, 0.25) is 0 Å². The molecule has 1 fully saturated rings. The third-order valence-corrected chi connectivity index (χ3v) is 3.62. The van der Waals surface area contributed by atoms with Crippen LogP contribution in [0.1, 0.15) is 39.0 Å². The average molecular weight is 253 g/mol. The summed E-state index contributed by atoms with van der Waals surface area (Å²) >= 11 is 0. The zero-order valence-electron chi connectivity index (χ0n) is 10.3. The van der Waals surface area contributed by atoms with Gasteiger partial charge in [-0.15, -0.1) is 0 Å². The monoisotopic (exact) mass is 253 g/mol. The highest BCUT2D eigenvalue weighted by atomic mass is 19.4. The number of halogens is 3. The van der Waals surface area contributed by atoms with E-state index in [9.17, 15) is 13.2 Å². The maximum Gasteiger partial charge on any atom is 0.395 e. The van der Waals surface area contributed by atoms with Gasteiger partial charge in [-0.1, -0.05) is 26.2 Å². The minimum Gasteiger partial charge on any atom is -0.377 e. The topological polar surface area (TPSA) is 35.2 Å². The second-order valence-electron chi connectivity index (χ2n) is 4.80. The molecule has 0 amide bonds. The van der Waals surface area contributed by atoms with Gasteiger partial charge in [-0.25, -0.2) is 0 Å². The minimum absolute atomic E-state index is 0.00912. The second-order valence-corrected chi connectivity index (χ2v) is 4.80. The molecule has 0 aromatic rings. The fraction of sp³-hybridized carbons (Fsp3) is 1.00. The molecule has 0 radical (unpaired) electrons. The van der Waals surface area contributed by atoms with Crippen molar-refractivity contribution in [3.63, 3.8) is 0 Å². The van der Waals surface area contributed by atoms with Crippen LogP contribution in [0.4, 0.5) is 13.2 Å². The third kappa shape index (κ3) is 4.47. The summed E-state index contributed by atoms with van der Waals surface area (Å²) in [6.45, 7) is 1.38. The Balaban J connectivity index is 2.42. The summed E-state index contributed by atoms with van der Waals surface area (Å²) in [6, 6.07) is 0. The molecule has 1 rings (SSSR count). The SMILES string of the molecule is CCC1CCCCC1OCC(CN)C(F)(F)F. The molecule has 0 aliphatic heterocycles. The normalized spacial score (nSPS) is 28.1. The van der Waals surface area contributed by atoms with Crippen LogP contribution in [0, 0.1) is 11.8 Å². The molecule has 3 atom stereocenters. The molecule has 2 N–H and O–H groups in total. The van der Waals surface area contributed by atoms with Gasteiger partial charge in [0.15, 0.2) is 0 Å². The largest absolute Gasteiger partial charge is 0.395 e. The molecule has 2 nitrogen and oxygen atoms in total. The van der Waals surface area contributed by atoms with Crippen molar-refractivity contribution in [2.75, 3.05) is 13.2 Å². The highest BCUT2D eigenvalue weighted by Gasteiger charge is 2.39. The Bertz CT molecular complexity index is 220. The maximum absolute atomic E-state index is 12.5. The van der Waals surface area contributed by atoms with Crippen LogP contribution >= 0.6 is 0 Å². The maximum atomic E-state index is 12.5. The number of rotatable bonds is 5. The zero-order valence-corrected chi connectivity index (χ0v) is 10.3. The second kappa shape index (κ2) is 6.59. The Labute approximate surface area is 101 Å². The molecule has 1 saturated carbocycles. The molecule has 102 valence electrons. The molecule has 0 aromatic carbocycles. The van der Waals surface area contributed by atoms with Gasteiger partial charge in [0.05, 0.1) is 18.6 Å². The van der Waals surface area contributed by atoms with Gasteiger partial charge in [0.2, 0.25) is 0 Å². The lowest BCUT2D eigenvalue weighted by atomic mass is 9.84. The van der Waals surface area contributed by atoms with Crippen LogP contribution in [0.3, 0.4) is 0 Å². The molecule has 0 saturated heterocycles. The fourth-order valence-corrected chi connectivity index (χ4v) is 2.40. The summed E-state index contributed by atoms with van der Waals surface area (Å²) in [6.07, 6.45) is 0.895. The number of nitrogens with two attached hydrogens (primary N) is 1. The molecular formula is C12H22F3NO. The molecular weight excluding hydrogens is 231 g/mol. The quantitative estimate of drug-likeness (QED) is 0.817. The van der Waals surface area contributed by atoms with Crippen LogP contribution in [0.5, 0.6) is 0 Å². The van der Waals surface area contributed by atoms with Gasteiger partial charge in [-0.3, -0.25) is 0 Å². The molecule has 0 heterocycles. The predicted molar refractivity (Wildman–Crippen MR) is 60.6 cm³/mol. The number of hydrogen-bond donors (Lipinski definition) is 1. The third-order valence-electron chi connectivity index (χ3n) is 3.62. The van der Waals surface area contributed by atoms with Gasteiger partial charge in [0.25, 0.3) is 0 Å². The number of ether oxygens (including phenoxy) is 1. The average Bonchev–Trinajstić information content (AvgIpc) is 2.28. The van der Waals surface area contributed by atoms with E-state index in [0.717, 1.165) is 32.1 Å². The van der Waals surface area contributed by atoms with Crippen LogP contribution in [-0.4, -0.2) is 25.4 Å². The Morgan fingerprint density at radius 1 is 1.29 bits per heavy atom. The van der Waals surface area contributed by atoms with E-state index in [1.165, 1.54) is 0 Å². The van der Waals surface area contributed by atoms with Crippen LogP contribution in [0.25, 0.3) is 0 Å². The van der Waals surface area contributed by atoms with E-state index in [1.807, 2.05) is 0 Å². The number of hydrogen-bond acceptors (Lipinski definition) is 2. The summed E-state index contributed by atoms with van der Waals surface area (Å²) in [4.78, 5) is 0. The molecule has 1 aliphatic carbocycles. The van der Waals surface area contributed by atoms with Gasteiger partial charge in [0, 0.05) is 6.54 Å². The zero-order chi connectivity index (χ0) is 12.9. The Hall–Kier alpha value is -0.290. The fourth-order valence-electron chi connectivity index (χ4n) is 2.40. The lowest BCUT2D eigenvalue weighted by molar-refractivity contribution is -0.192. The molecule has 17 heavy (non-hydrogen) atoms. The first-order valence-electron chi connectivity index (χ1n) is 6.37. The van der Waals surface area contributed by atoms with Crippen molar-refractivity contribution in [1.82, 2.24) is 0 Å². The first-order valence-corrected chi connectivity index (χ1v) is 6.37. The molecule has 0 spiro atoms. The van der Waals surface area contributed by atoms with Crippen molar-refractivity contribution < 1.29 is 17.9 Å². The molecule has 1 aliphatic rings. The van der Waals surface area contributed by atoms with Gasteiger partial charge >= 0.3 is 6.18 Å². The summed E-state index contributed by atoms with van der Waals surface area (Å²) in [5.74, 6) is -1.11. The first-order chi connectivity index (χ1) is 7.99. The van der Waals surface area contributed by atoms with E-state index >= 15 is 0 Å². The lowest BCUT2D eigenvalue weighted by Gasteiger charge is -2.32. The van der Waals surface area contributed by atoms with Crippen LogP contribution in [-0.2, 0) is 4.74 Å². The smallest absolute Gasteiger partial charge is 0.377 e. The van der Waals surface area contributed by atoms with Crippen molar-refractivity contribution in [1.29, 1.82) is 0 Å². The van der Waals surface area contributed by atoms with Gasteiger partial charge in [-0.2, -0.15) is 13.2 Å². The summed E-state index contributed by atoms with van der Waals surface area (Å²) in [5.41, 5.74) is 5.14. The Morgan fingerprint density at radius 3 is 2.47 bits per heavy atom. The van der Waals surface area contributed by atoms with Crippen molar-refractivity contribution >= 4 is 0 Å². The van der Waals surface area contributed by atoms with Crippen LogP contribution < -0.4 is 5.73 Å².